The molecule has 1 aromatic carbocycles. The number of thiazole rings is 1. The highest BCUT2D eigenvalue weighted by atomic mass is 32.1. The number of guanidine groups is 1. The molecule has 2 aromatic rings. The van der Waals surface area contributed by atoms with Crippen LogP contribution in [-0.4, -0.2) is 38.3 Å². The number of rotatable bonds is 7. The molecule has 0 saturated carbocycles. The molecule has 0 spiro atoms. The molecule has 2 N–H and O–H groups in total. The highest BCUT2D eigenvalue weighted by Gasteiger charge is 2.08. The molecule has 0 fully saturated rings. The highest BCUT2D eigenvalue weighted by Crippen LogP contribution is 2.30. The van der Waals surface area contributed by atoms with Crippen molar-refractivity contribution in [2.24, 2.45) is 4.99 Å². The van der Waals surface area contributed by atoms with Gasteiger partial charge in [0.15, 0.2) is 17.5 Å². The summed E-state index contributed by atoms with van der Waals surface area (Å²) in [6, 6.07) is 5.72. The summed E-state index contributed by atoms with van der Waals surface area (Å²) in [5, 5.41) is 7.71. The average Bonchev–Trinajstić information content (AvgIpc) is 2.92. The first-order valence-corrected chi connectivity index (χ1v) is 9.10. The van der Waals surface area contributed by atoms with Crippen molar-refractivity contribution in [1.29, 1.82) is 0 Å². The lowest BCUT2D eigenvalue weighted by Crippen LogP contribution is -2.32. The van der Waals surface area contributed by atoms with E-state index in [1.807, 2.05) is 32.0 Å². The fraction of sp³-hybridized carbons (Fsp3) is 0.444. The predicted molar refractivity (Wildman–Crippen MR) is 104 cm³/mol. The molecule has 0 atom stereocenters. The van der Waals surface area contributed by atoms with E-state index in [-0.39, 0.29) is 0 Å². The molecule has 1 heterocycles. The number of methoxy groups -OCH3 is 1. The molecular formula is C18H26N4O2S. The molecule has 0 aliphatic rings. The Labute approximate surface area is 153 Å². The SMILES string of the molecule is CCOc1cc(NC(=NC)NCCc2sc(C)nc2C)ccc1OC. The summed E-state index contributed by atoms with van der Waals surface area (Å²) in [5.41, 5.74) is 2.01. The largest absolute Gasteiger partial charge is 0.493 e. The Morgan fingerprint density at radius 3 is 2.68 bits per heavy atom. The van der Waals surface area contributed by atoms with Crippen molar-refractivity contribution in [2.45, 2.75) is 27.2 Å². The van der Waals surface area contributed by atoms with E-state index in [9.17, 15) is 0 Å². The second-order valence-electron chi connectivity index (χ2n) is 5.41. The van der Waals surface area contributed by atoms with Crippen LogP contribution < -0.4 is 20.1 Å². The van der Waals surface area contributed by atoms with Crippen LogP contribution in [0.3, 0.4) is 0 Å². The smallest absolute Gasteiger partial charge is 0.195 e. The molecular weight excluding hydrogens is 336 g/mol. The van der Waals surface area contributed by atoms with E-state index in [1.165, 1.54) is 4.88 Å². The Balaban J connectivity index is 1.95. The zero-order chi connectivity index (χ0) is 18.2. The van der Waals surface area contributed by atoms with Crippen molar-refractivity contribution in [1.82, 2.24) is 10.3 Å². The molecule has 0 amide bonds. The number of nitrogens with one attached hydrogen (secondary N) is 2. The molecule has 0 saturated heterocycles. The third kappa shape index (κ3) is 5.35. The first-order valence-electron chi connectivity index (χ1n) is 8.28. The molecule has 0 aliphatic carbocycles. The standard InChI is InChI=1S/C18H26N4O2S/c1-6-24-16-11-14(7-8-15(16)23-5)22-18(19-4)20-10-9-17-12(2)21-13(3)25-17/h7-8,11H,6,9-10H2,1-5H3,(H2,19,20,22). The number of hydrogen-bond donors (Lipinski definition) is 2. The molecule has 136 valence electrons. The monoisotopic (exact) mass is 362 g/mol. The summed E-state index contributed by atoms with van der Waals surface area (Å²) in [7, 11) is 3.39. The van der Waals surface area contributed by atoms with Gasteiger partial charge >= 0.3 is 0 Å². The van der Waals surface area contributed by atoms with Gasteiger partial charge in [0, 0.05) is 36.6 Å². The molecule has 0 unspecified atom stereocenters. The van der Waals surface area contributed by atoms with Crippen molar-refractivity contribution in [3.63, 3.8) is 0 Å². The lowest BCUT2D eigenvalue weighted by molar-refractivity contribution is 0.311. The van der Waals surface area contributed by atoms with E-state index in [0.717, 1.165) is 29.4 Å². The first kappa shape index (κ1) is 19.1. The van der Waals surface area contributed by atoms with Crippen molar-refractivity contribution in [2.75, 3.05) is 32.6 Å². The lowest BCUT2D eigenvalue weighted by atomic mass is 10.2. The van der Waals surface area contributed by atoms with Crippen molar-refractivity contribution in [3.8, 4) is 11.5 Å². The molecule has 0 radical (unpaired) electrons. The van der Waals surface area contributed by atoms with Gasteiger partial charge in [-0.15, -0.1) is 11.3 Å². The van der Waals surface area contributed by atoms with Crippen LogP contribution in [0.5, 0.6) is 11.5 Å². The van der Waals surface area contributed by atoms with Gasteiger partial charge in [0.05, 0.1) is 24.4 Å². The first-order chi connectivity index (χ1) is 12.1. The molecule has 1 aromatic heterocycles. The zero-order valence-electron chi connectivity index (χ0n) is 15.5. The quantitative estimate of drug-likeness (QED) is 0.584. The number of aryl methyl sites for hydroxylation is 2. The highest BCUT2D eigenvalue weighted by molar-refractivity contribution is 7.11. The van der Waals surface area contributed by atoms with Gasteiger partial charge in [-0.3, -0.25) is 4.99 Å². The number of benzene rings is 1. The van der Waals surface area contributed by atoms with Gasteiger partial charge in [-0.1, -0.05) is 0 Å². The zero-order valence-corrected chi connectivity index (χ0v) is 16.3. The Morgan fingerprint density at radius 2 is 2.08 bits per heavy atom. The van der Waals surface area contributed by atoms with Crippen LogP contribution in [0.1, 0.15) is 22.5 Å². The van der Waals surface area contributed by atoms with Crippen LogP contribution in [-0.2, 0) is 6.42 Å². The van der Waals surface area contributed by atoms with E-state index >= 15 is 0 Å². The molecule has 0 aliphatic heterocycles. The Kier molecular flexibility index (Phi) is 7.06. The fourth-order valence-electron chi connectivity index (χ4n) is 2.44. The third-order valence-corrected chi connectivity index (χ3v) is 4.73. The summed E-state index contributed by atoms with van der Waals surface area (Å²) in [6.45, 7) is 7.41. The van der Waals surface area contributed by atoms with E-state index in [2.05, 4.69) is 27.5 Å². The number of hydrogen-bond acceptors (Lipinski definition) is 5. The molecule has 25 heavy (non-hydrogen) atoms. The summed E-state index contributed by atoms with van der Waals surface area (Å²) in [6.07, 6.45) is 0.921. The van der Waals surface area contributed by atoms with E-state index < -0.39 is 0 Å². The van der Waals surface area contributed by atoms with E-state index in [4.69, 9.17) is 9.47 Å². The number of aromatic nitrogens is 1. The Hall–Kier alpha value is -2.28. The van der Waals surface area contributed by atoms with Crippen LogP contribution in [0, 0.1) is 13.8 Å². The second kappa shape index (κ2) is 9.27. The predicted octanol–water partition coefficient (Wildman–Crippen LogP) is 3.40. The maximum absolute atomic E-state index is 5.61. The minimum absolute atomic E-state index is 0.584. The summed E-state index contributed by atoms with van der Waals surface area (Å²) in [4.78, 5) is 10.0. The van der Waals surface area contributed by atoms with Crippen molar-refractivity contribution in [3.05, 3.63) is 33.8 Å². The average molecular weight is 362 g/mol. The molecule has 0 bridgehead atoms. The number of nitrogens with zero attached hydrogens (tertiary/aromatic N) is 2. The summed E-state index contributed by atoms with van der Waals surface area (Å²) in [5.74, 6) is 2.14. The second-order valence-corrected chi connectivity index (χ2v) is 6.70. The summed E-state index contributed by atoms with van der Waals surface area (Å²) >= 11 is 1.75. The minimum Gasteiger partial charge on any atom is -0.493 e. The van der Waals surface area contributed by atoms with Crippen LogP contribution in [0.15, 0.2) is 23.2 Å². The van der Waals surface area contributed by atoms with Crippen LogP contribution in [0.4, 0.5) is 5.69 Å². The van der Waals surface area contributed by atoms with Gasteiger partial charge in [-0.2, -0.15) is 0 Å². The van der Waals surface area contributed by atoms with Crippen molar-refractivity contribution < 1.29 is 9.47 Å². The Bertz CT molecular complexity index is 728. The maximum Gasteiger partial charge on any atom is 0.195 e. The van der Waals surface area contributed by atoms with Gasteiger partial charge in [-0.25, -0.2) is 4.98 Å². The van der Waals surface area contributed by atoms with Gasteiger partial charge < -0.3 is 20.1 Å². The fourth-order valence-corrected chi connectivity index (χ4v) is 3.38. The number of ether oxygens (including phenoxy) is 2. The number of aliphatic imine (C=N–C) groups is 1. The van der Waals surface area contributed by atoms with Gasteiger partial charge in [-0.05, 0) is 32.9 Å². The normalized spacial score (nSPS) is 11.3. The van der Waals surface area contributed by atoms with Crippen LogP contribution >= 0.6 is 11.3 Å². The Morgan fingerprint density at radius 1 is 1.28 bits per heavy atom. The van der Waals surface area contributed by atoms with E-state index in [1.54, 1.807) is 25.5 Å². The third-order valence-electron chi connectivity index (χ3n) is 3.59. The minimum atomic E-state index is 0.584. The lowest BCUT2D eigenvalue weighted by Gasteiger charge is -2.14. The molecule has 7 heteroatoms. The summed E-state index contributed by atoms with van der Waals surface area (Å²) < 4.78 is 10.9. The number of anilines is 1. The van der Waals surface area contributed by atoms with Crippen LogP contribution in [0.2, 0.25) is 0 Å². The molecule has 2 rings (SSSR count). The van der Waals surface area contributed by atoms with E-state index in [0.29, 0.717) is 24.1 Å². The van der Waals surface area contributed by atoms with Gasteiger partial charge in [0.2, 0.25) is 0 Å². The molecule has 6 nitrogen and oxygen atoms in total. The topological polar surface area (TPSA) is 67.8 Å². The van der Waals surface area contributed by atoms with Gasteiger partial charge in [0.25, 0.3) is 0 Å². The van der Waals surface area contributed by atoms with Gasteiger partial charge in [0.1, 0.15) is 0 Å². The van der Waals surface area contributed by atoms with Crippen LogP contribution in [0.25, 0.3) is 0 Å². The van der Waals surface area contributed by atoms with Crippen molar-refractivity contribution >= 4 is 23.0 Å². The maximum atomic E-state index is 5.61.